The van der Waals surface area contributed by atoms with Gasteiger partial charge in [0.05, 0.1) is 0 Å². The van der Waals surface area contributed by atoms with Crippen LogP contribution in [-0.4, -0.2) is 11.8 Å². The van der Waals surface area contributed by atoms with Crippen LogP contribution < -0.4 is 10.6 Å². The molecule has 2 aromatic carbocycles. The van der Waals surface area contributed by atoms with Gasteiger partial charge in [0.1, 0.15) is 0 Å². The summed E-state index contributed by atoms with van der Waals surface area (Å²) >= 11 is 3.39. The Morgan fingerprint density at radius 3 is 2.18 bits per heavy atom. The number of anilines is 2. The molecule has 0 saturated carbocycles. The molecular weight excluding hydrogens is 344 g/mol. The molecule has 0 aliphatic heterocycles. The van der Waals surface area contributed by atoms with Gasteiger partial charge in [-0.15, -0.1) is 0 Å². The summed E-state index contributed by atoms with van der Waals surface area (Å²) < 4.78 is 0.875. The van der Waals surface area contributed by atoms with Gasteiger partial charge in [0.2, 0.25) is 0 Å². The highest BCUT2D eigenvalue weighted by Crippen LogP contribution is 2.21. The van der Waals surface area contributed by atoms with Crippen LogP contribution in [0.3, 0.4) is 0 Å². The summed E-state index contributed by atoms with van der Waals surface area (Å²) in [5.74, 6) is -1.39. The van der Waals surface area contributed by atoms with Crippen molar-refractivity contribution < 1.29 is 9.59 Å². The Hall–Kier alpha value is -2.14. The highest BCUT2D eigenvalue weighted by molar-refractivity contribution is 9.10. The Morgan fingerprint density at radius 1 is 0.864 bits per heavy atom. The van der Waals surface area contributed by atoms with E-state index in [4.69, 9.17) is 0 Å². The summed E-state index contributed by atoms with van der Waals surface area (Å²) in [6.07, 6.45) is 0. The highest BCUT2D eigenvalue weighted by atomic mass is 79.9. The van der Waals surface area contributed by atoms with E-state index in [-0.39, 0.29) is 0 Å². The fourth-order valence-corrected chi connectivity index (χ4v) is 2.37. The van der Waals surface area contributed by atoms with E-state index >= 15 is 0 Å². The van der Waals surface area contributed by atoms with Crippen LogP contribution in [0.1, 0.15) is 16.7 Å². The Labute approximate surface area is 138 Å². The first-order valence-electron chi connectivity index (χ1n) is 6.82. The number of hydrogen-bond acceptors (Lipinski definition) is 2. The first-order valence-corrected chi connectivity index (χ1v) is 7.62. The molecule has 0 aliphatic carbocycles. The average molecular weight is 361 g/mol. The zero-order chi connectivity index (χ0) is 16.3. The molecule has 0 fully saturated rings. The van der Waals surface area contributed by atoms with Gasteiger partial charge in [-0.25, -0.2) is 0 Å². The van der Waals surface area contributed by atoms with Gasteiger partial charge < -0.3 is 10.6 Å². The van der Waals surface area contributed by atoms with Crippen LogP contribution >= 0.6 is 15.9 Å². The third-order valence-corrected chi connectivity index (χ3v) is 4.12. The van der Waals surface area contributed by atoms with E-state index in [1.54, 1.807) is 18.2 Å². The van der Waals surface area contributed by atoms with Crippen molar-refractivity contribution in [2.24, 2.45) is 0 Å². The van der Waals surface area contributed by atoms with Gasteiger partial charge in [0, 0.05) is 15.8 Å². The number of rotatable bonds is 2. The molecule has 4 nitrogen and oxygen atoms in total. The summed E-state index contributed by atoms with van der Waals surface area (Å²) in [5, 5.41) is 5.20. The quantitative estimate of drug-likeness (QED) is 0.796. The molecule has 114 valence electrons. The van der Waals surface area contributed by atoms with Crippen LogP contribution in [0.2, 0.25) is 0 Å². The second-order valence-corrected chi connectivity index (χ2v) is 6.04. The molecule has 2 N–H and O–H groups in total. The third-order valence-electron chi connectivity index (χ3n) is 3.27. The van der Waals surface area contributed by atoms with E-state index in [1.165, 1.54) is 0 Å². The SMILES string of the molecule is Cc1ccc(NC(=O)C(=O)Nc2ccc(C)c(Br)c2)c(C)c1. The van der Waals surface area contributed by atoms with Crippen LogP contribution in [0.5, 0.6) is 0 Å². The number of amides is 2. The van der Waals surface area contributed by atoms with Crippen molar-refractivity contribution in [3.63, 3.8) is 0 Å². The predicted octanol–water partition coefficient (Wildman–Crippen LogP) is 3.95. The maximum absolute atomic E-state index is 12.0. The molecule has 2 aromatic rings. The summed E-state index contributed by atoms with van der Waals surface area (Å²) in [7, 11) is 0. The second kappa shape index (κ2) is 6.75. The number of hydrogen-bond donors (Lipinski definition) is 2. The van der Waals surface area contributed by atoms with Crippen LogP contribution in [0.25, 0.3) is 0 Å². The number of nitrogens with one attached hydrogen (secondary N) is 2. The van der Waals surface area contributed by atoms with E-state index in [9.17, 15) is 9.59 Å². The second-order valence-electron chi connectivity index (χ2n) is 5.19. The molecule has 0 bridgehead atoms. The Bertz CT molecular complexity index is 741. The topological polar surface area (TPSA) is 58.2 Å². The number of aryl methyl sites for hydroxylation is 3. The average Bonchev–Trinajstić information content (AvgIpc) is 2.45. The fraction of sp³-hybridized carbons (Fsp3) is 0.176. The molecule has 0 atom stereocenters. The first kappa shape index (κ1) is 16.2. The van der Waals surface area contributed by atoms with Crippen molar-refractivity contribution in [1.82, 2.24) is 0 Å². The van der Waals surface area contributed by atoms with E-state index in [0.717, 1.165) is 21.2 Å². The lowest BCUT2D eigenvalue weighted by molar-refractivity contribution is -0.133. The Kier molecular flexibility index (Phi) is 4.98. The number of halogens is 1. The smallest absolute Gasteiger partial charge is 0.314 e. The van der Waals surface area contributed by atoms with Crippen LogP contribution in [0.4, 0.5) is 11.4 Å². The highest BCUT2D eigenvalue weighted by Gasteiger charge is 2.15. The molecule has 0 aromatic heterocycles. The van der Waals surface area contributed by atoms with E-state index in [2.05, 4.69) is 26.6 Å². The molecule has 0 radical (unpaired) electrons. The number of carbonyl (C=O) groups is 2. The molecule has 5 heteroatoms. The minimum atomic E-state index is -0.698. The van der Waals surface area contributed by atoms with Gasteiger partial charge >= 0.3 is 11.8 Å². The molecule has 0 spiro atoms. The van der Waals surface area contributed by atoms with Crippen LogP contribution in [-0.2, 0) is 9.59 Å². The Balaban J connectivity index is 2.05. The standard InChI is InChI=1S/C17H17BrN2O2/c1-10-4-7-15(12(3)8-10)20-17(22)16(21)19-13-6-5-11(2)14(18)9-13/h4-9H,1-3H3,(H,19,21)(H,20,22). The van der Waals surface area contributed by atoms with Crippen molar-refractivity contribution in [2.75, 3.05) is 10.6 Å². The summed E-state index contributed by atoms with van der Waals surface area (Å²) in [6.45, 7) is 5.81. The van der Waals surface area contributed by atoms with Crippen LogP contribution in [0.15, 0.2) is 40.9 Å². The first-order chi connectivity index (χ1) is 10.4. The van der Waals surface area contributed by atoms with Gasteiger partial charge in [-0.1, -0.05) is 39.7 Å². The van der Waals surface area contributed by atoms with Crippen LogP contribution in [0, 0.1) is 20.8 Å². The fourth-order valence-electron chi connectivity index (χ4n) is 1.99. The van der Waals surface area contributed by atoms with E-state index < -0.39 is 11.8 Å². The number of carbonyl (C=O) groups excluding carboxylic acids is 2. The molecule has 2 amide bonds. The predicted molar refractivity (Wildman–Crippen MR) is 92.1 cm³/mol. The normalized spacial score (nSPS) is 10.2. The Morgan fingerprint density at radius 2 is 1.55 bits per heavy atom. The van der Waals surface area contributed by atoms with Gasteiger partial charge in [-0.2, -0.15) is 0 Å². The monoisotopic (exact) mass is 360 g/mol. The van der Waals surface area contributed by atoms with Gasteiger partial charge in [0.15, 0.2) is 0 Å². The zero-order valence-corrected chi connectivity index (χ0v) is 14.2. The minimum absolute atomic E-state index is 0.568. The maximum Gasteiger partial charge on any atom is 0.314 e. The van der Waals surface area contributed by atoms with Crippen molar-refractivity contribution in [1.29, 1.82) is 0 Å². The summed E-state index contributed by atoms with van der Waals surface area (Å²) in [4.78, 5) is 23.9. The zero-order valence-electron chi connectivity index (χ0n) is 12.7. The number of benzene rings is 2. The van der Waals surface area contributed by atoms with Gasteiger partial charge in [-0.3, -0.25) is 9.59 Å². The molecule has 0 aliphatic rings. The molecule has 0 heterocycles. The van der Waals surface area contributed by atoms with Gasteiger partial charge in [0.25, 0.3) is 0 Å². The lowest BCUT2D eigenvalue weighted by atomic mass is 10.1. The summed E-state index contributed by atoms with van der Waals surface area (Å²) in [6, 6.07) is 11.0. The minimum Gasteiger partial charge on any atom is -0.318 e. The molecular formula is C17H17BrN2O2. The van der Waals surface area contributed by atoms with Gasteiger partial charge in [-0.05, 0) is 50.1 Å². The van der Waals surface area contributed by atoms with Crippen molar-refractivity contribution >= 4 is 39.1 Å². The summed E-state index contributed by atoms with van der Waals surface area (Å²) in [5.41, 5.74) is 4.27. The van der Waals surface area contributed by atoms with Crippen molar-refractivity contribution in [3.8, 4) is 0 Å². The maximum atomic E-state index is 12.0. The van der Waals surface area contributed by atoms with E-state index in [1.807, 2.05) is 39.0 Å². The van der Waals surface area contributed by atoms with Crippen molar-refractivity contribution in [2.45, 2.75) is 20.8 Å². The largest absolute Gasteiger partial charge is 0.318 e. The molecule has 0 saturated heterocycles. The molecule has 22 heavy (non-hydrogen) atoms. The third kappa shape index (κ3) is 3.95. The molecule has 2 rings (SSSR count). The lowest BCUT2D eigenvalue weighted by Gasteiger charge is -2.10. The van der Waals surface area contributed by atoms with Crippen molar-refractivity contribution in [3.05, 3.63) is 57.6 Å². The lowest BCUT2D eigenvalue weighted by Crippen LogP contribution is -2.29. The van der Waals surface area contributed by atoms with E-state index in [0.29, 0.717) is 11.4 Å². The molecule has 0 unspecified atom stereocenters.